The van der Waals surface area contributed by atoms with Crippen molar-refractivity contribution >= 4 is 11.6 Å². The van der Waals surface area contributed by atoms with Gasteiger partial charge in [-0.1, -0.05) is 59.3 Å². The molecule has 3 aromatic rings. The highest BCUT2D eigenvalue weighted by Crippen LogP contribution is 2.25. The zero-order valence-electron chi connectivity index (χ0n) is 11.3. The molecular weight excluding hydrogens is 286 g/mol. The smallest absolute Gasteiger partial charge is 0.116 e. The van der Waals surface area contributed by atoms with Gasteiger partial charge in [-0.15, -0.1) is 5.10 Å². The van der Waals surface area contributed by atoms with Crippen molar-refractivity contribution in [3.8, 4) is 11.3 Å². The van der Waals surface area contributed by atoms with Crippen LogP contribution >= 0.6 is 11.6 Å². The zero-order valence-corrected chi connectivity index (χ0v) is 12.0. The first-order chi connectivity index (χ1) is 10.3. The van der Waals surface area contributed by atoms with Crippen LogP contribution in [-0.4, -0.2) is 20.1 Å². The Morgan fingerprint density at radius 3 is 2.57 bits per heavy atom. The van der Waals surface area contributed by atoms with Crippen molar-refractivity contribution in [3.63, 3.8) is 0 Å². The Labute approximate surface area is 127 Å². The van der Waals surface area contributed by atoms with Gasteiger partial charge in [0, 0.05) is 10.6 Å². The number of benzene rings is 2. The molecule has 1 N–H and O–H groups in total. The molecule has 2 aromatic carbocycles. The first-order valence-corrected chi connectivity index (χ1v) is 6.99. The van der Waals surface area contributed by atoms with Gasteiger partial charge < -0.3 is 5.11 Å². The van der Waals surface area contributed by atoms with Crippen molar-refractivity contribution in [2.75, 3.05) is 0 Å². The summed E-state index contributed by atoms with van der Waals surface area (Å²) in [5, 5.41) is 18.3. The number of rotatable bonds is 4. The summed E-state index contributed by atoms with van der Waals surface area (Å²) in [6, 6.07) is 17.5. The molecule has 3 rings (SSSR count). The van der Waals surface area contributed by atoms with Crippen LogP contribution in [0.5, 0.6) is 0 Å². The molecule has 1 aromatic heterocycles. The monoisotopic (exact) mass is 299 g/mol. The van der Waals surface area contributed by atoms with Crippen molar-refractivity contribution in [1.82, 2.24) is 15.0 Å². The standard InChI is InChI=1S/C16H14ClN3O/c17-14-8-4-7-13(9-14)16-15(11-21)18-19-20(16)10-12-5-2-1-3-6-12/h1-9,21H,10-11H2. The molecule has 0 aliphatic rings. The van der Waals surface area contributed by atoms with Gasteiger partial charge in [0.2, 0.25) is 0 Å². The maximum atomic E-state index is 9.48. The Morgan fingerprint density at radius 2 is 1.86 bits per heavy atom. The van der Waals surface area contributed by atoms with E-state index < -0.39 is 0 Å². The van der Waals surface area contributed by atoms with E-state index in [1.165, 1.54) is 0 Å². The topological polar surface area (TPSA) is 50.9 Å². The van der Waals surface area contributed by atoms with E-state index in [1.807, 2.05) is 54.6 Å². The Bertz CT molecular complexity index is 740. The molecule has 0 saturated heterocycles. The van der Waals surface area contributed by atoms with E-state index in [-0.39, 0.29) is 6.61 Å². The molecule has 0 aliphatic carbocycles. The molecule has 0 fully saturated rings. The third-order valence-electron chi connectivity index (χ3n) is 3.23. The van der Waals surface area contributed by atoms with Gasteiger partial charge in [0.1, 0.15) is 5.69 Å². The van der Waals surface area contributed by atoms with Crippen LogP contribution in [0.2, 0.25) is 5.02 Å². The second-order valence-electron chi connectivity index (χ2n) is 4.70. The molecular formula is C16H14ClN3O. The second kappa shape index (κ2) is 6.08. The van der Waals surface area contributed by atoms with E-state index in [0.717, 1.165) is 16.8 Å². The van der Waals surface area contributed by atoms with Gasteiger partial charge in [-0.05, 0) is 17.7 Å². The largest absolute Gasteiger partial charge is 0.390 e. The third-order valence-corrected chi connectivity index (χ3v) is 3.46. The van der Waals surface area contributed by atoms with Gasteiger partial charge in [0.05, 0.1) is 18.8 Å². The highest BCUT2D eigenvalue weighted by Gasteiger charge is 2.14. The summed E-state index contributed by atoms with van der Waals surface area (Å²) in [4.78, 5) is 0. The SMILES string of the molecule is OCc1nnn(Cc2ccccc2)c1-c1cccc(Cl)c1. The van der Waals surface area contributed by atoms with Crippen molar-refractivity contribution in [2.45, 2.75) is 13.2 Å². The molecule has 0 spiro atoms. The second-order valence-corrected chi connectivity index (χ2v) is 5.13. The first kappa shape index (κ1) is 13.8. The lowest BCUT2D eigenvalue weighted by Crippen LogP contribution is -2.04. The van der Waals surface area contributed by atoms with Crippen molar-refractivity contribution in [2.24, 2.45) is 0 Å². The normalized spacial score (nSPS) is 10.8. The molecule has 0 amide bonds. The van der Waals surface area contributed by atoms with Gasteiger partial charge in [-0.3, -0.25) is 0 Å². The fraction of sp³-hybridized carbons (Fsp3) is 0.125. The Balaban J connectivity index is 2.04. The van der Waals surface area contributed by atoms with Crippen LogP contribution in [0, 0.1) is 0 Å². The number of aromatic nitrogens is 3. The quantitative estimate of drug-likeness (QED) is 0.805. The number of aliphatic hydroxyl groups is 1. The van der Waals surface area contributed by atoms with E-state index in [4.69, 9.17) is 11.6 Å². The number of nitrogens with zero attached hydrogens (tertiary/aromatic N) is 3. The van der Waals surface area contributed by atoms with Crippen LogP contribution in [0.15, 0.2) is 54.6 Å². The van der Waals surface area contributed by atoms with E-state index >= 15 is 0 Å². The number of halogens is 1. The van der Waals surface area contributed by atoms with Crippen LogP contribution in [0.25, 0.3) is 11.3 Å². The average molecular weight is 300 g/mol. The molecule has 0 aliphatic heterocycles. The highest BCUT2D eigenvalue weighted by molar-refractivity contribution is 6.30. The molecule has 5 heteroatoms. The maximum absolute atomic E-state index is 9.48. The minimum Gasteiger partial charge on any atom is -0.390 e. The molecule has 0 atom stereocenters. The maximum Gasteiger partial charge on any atom is 0.116 e. The lowest BCUT2D eigenvalue weighted by molar-refractivity contribution is 0.277. The van der Waals surface area contributed by atoms with Gasteiger partial charge in [-0.2, -0.15) is 0 Å². The average Bonchev–Trinajstić information content (AvgIpc) is 2.91. The summed E-state index contributed by atoms with van der Waals surface area (Å²) in [5.41, 5.74) is 3.36. The summed E-state index contributed by atoms with van der Waals surface area (Å²) in [7, 11) is 0. The summed E-state index contributed by atoms with van der Waals surface area (Å²) >= 11 is 6.06. The molecule has 0 saturated carbocycles. The molecule has 106 valence electrons. The van der Waals surface area contributed by atoms with E-state index in [9.17, 15) is 5.11 Å². The molecule has 0 bridgehead atoms. The molecule has 0 unspecified atom stereocenters. The first-order valence-electron chi connectivity index (χ1n) is 6.61. The predicted molar refractivity (Wildman–Crippen MR) is 81.9 cm³/mol. The lowest BCUT2D eigenvalue weighted by Gasteiger charge is -2.08. The molecule has 4 nitrogen and oxygen atoms in total. The van der Waals surface area contributed by atoms with Crippen LogP contribution < -0.4 is 0 Å². The minimum atomic E-state index is -0.156. The predicted octanol–water partition coefficient (Wildman–Crippen LogP) is 3.14. The zero-order chi connectivity index (χ0) is 14.7. The molecule has 1 heterocycles. The number of aliphatic hydroxyl groups excluding tert-OH is 1. The number of hydrogen-bond donors (Lipinski definition) is 1. The van der Waals surface area contributed by atoms with Crippen LogP contribution in [0.3, 0.4) is 0 Å². The van der Waals surface area contributed by atoms with Crippen LogP contribution in [-0.2, 0) is 13.2 Å². The van der Waals surface area contributed by atoms with Gasteiger partial charge in [-0.25, -0.2) is 4.68 Å². The van der Waals surface area contributed by atoms with Gasteiger partial charge in [0.25, 0.3) is 0 Å². The van der Waals surface area contributed by atoms with E-state index in [1.54, 1.807) is 4.68 Å². The Hall–Kier alpha value is -2.17. The number of hydrogen-bond acceptors (Lipinski definition) is 3. The van der Waals surface area contributed by atoms with Crippen molar-refractivity contribution in [3.05, 3.63) is 70.9 Å². The molecule has 0 radical (unpaired) electrons. The van der Waals surface area contributed by atoms with Gasteiger partial charge >= 0.3 is 0 Å². The fourth-order valence-corrected chi connectivity index (χ4v) is 2.46. The van der Waals surface area contributed by atoms with Crippen LogP contribution in [0.1, 0.15) is 11.3 Å². The minimum absolute atomic E-state index is 0.156. The fourth-order valence-electron chi connectivity index (χ4n) is 2.27. The van der Waals surface area contributed by atoms with E-state index in [2.05, 4.69) is 10.3 Å². The summed E-state index contributed by atoms with van der Waals surface area (Å²) in [5.74, 6) is 0. The summed E-state index contributed by atoms with van der Waals surface area (Å²) in [6.07, 6.45) is 0. The highest BCUT2D eigenvalue weighted by atomic mass is 35.5. The molecule has 21 heavy (non-hydrogen) atoms. The van der Waals surface area contributed by atoms with Crippen molar-refractivity contribution in [1.29, 1.82) is 0 Å². The van der Waals surface area contributed by atoms with E-state index in [0.29, 0.717) is 17.3 Å². The summed E-state index contributed by atoms with van der Waals surface area (Å²) in [6.45, 7) is 0.437. The Kier molecular flexibility index (Phi) is 3.99. The lowest BCUT2D eigenvalue weighted by atomic mass is 10.1. The Morgan fingerprint density at radius 1 is 1.05 bits per heavy atom. The van der Waals surface area contributed by atoms with Gasteiger partial charge in [0.15, 0.2) is 0 Å². The van der Waals surface area contributed by atoms with Crippen LogP contribution in [0.4, 0.5) is 0 Å². The third kappa shape index (κ3) is 2.96. The summed E-state index contributed by atoms with van der Waals surface area (Å²) < 4.78 is 1.78. The van der Waals surface area contributed by atoms with Crippen molar-refractivity contribution < 1.29 is 5.11 Å².